The Morgan fingerprint density at radius 3 is 2.90 bits per heavy atom. The van der Waals surface area contributed by atoms with Crippen LogP contribution in [0.5, 0.6) is 0 Å². The molecule has 2 heterocycles. The van der Waals surface area contributed by atoms with E-state index in [-0.39, 0.29) is 18.3 Å². The quantitative estimate of drug-likeness (QED) is 0.929. The van der Waals surface area contributed by atoms with Crippen molar-refractivity contribution in [2.75, 3.05) is 7.05 Å². The van der Waals surface area contributed by atoms with Gasteiger partial charge in [-0.2, -0.15) is 4.98 Å². The third-order valence-electron chi connectivity index (χ3n) is 3.61. The molecule has 8 heteroatoms. The second kappa shape index (κ2) is 6.13. The van der Waals surface area contributed by atoms with Gasteiger partial charge in [0.1, 0.15) is 6.54 Å². The average molecular weight is 329 g/mol. The van der Waals surface area contributed by atoms with E-state index in [0.29, 0.717) is 23.1 Å². The summed E-state index contributed by atoms with van der Waals surface area (Å²) in [5, 5.41) is 5.81. The first kappa shape index (κ1) is 15.9. The van der Waals surface area contributed by atoms with Crippen LogP contribution in [0.15, 0.2) is 22.0 Å². The summed E-state index contributed by atoms with van der Waals surface area (Å²) in [6, 6.07) is 3.65. The Bertz CT molecular complexity index is 609. The first-order chi connectivity index (χ1) is 9.58. The van der Waals surface area contributed by atoms with Gasteiger partial charge >= 0.3 is 0 Å². The van der Waals surface area contributed by atoms with Crippen LogP contribution in [0, 0.1) is 0 Å². The molecule has 114 valence electrons. The standard InChI is InChI=1S/C13H16N4O2S.ClH/c1-17(11(18)9-4-2-7-20-9)8-10-15-12(16-19-10)13(14)5-3-6-13;/h2,4,7H,3,5-6,8,14H2,1H3;1H. The number of rotatable bonds is 4. The summed E-state index contributed by atoms with van der Waals surface area (Å²) in [5.41, 5.74) is 5.71. The molecule has 1 fully saturated rings. The van der Waals surface area contributed by atoms with Crippen molar-refractivity contribution < 1.29 is 9.32 Å². The van der Waals surface area contributed by atoms with Crippen LogP contribution < -0.4 is 5.73 Å². The van der Waals surface area contributed by atoms with E-state index in [9.17, 15) is 4.79 Å². The highest BCUT2D eigenvalue weighted by atomic mass is 35.5. The molecule has 2 N–H and O–H groups in total. The molecular formula is C13H17ClN4O2S. The van der Waals surface area contributed by atoms with Crippen LogP contribution in [0.4, 0.5) is 0 Å². The van der Waals surface area contributed by atoms with Crippen molar-refractivity contribution in [3.8, 4) is 0 Å². The van der Waals surface area contributed by atoms with Crippen LogP contribution in [0.3, 0.4) is 0 Å². The molecule has 0 atom stereocenters. The molecule has 0 unspecified atom stereocenters. The fourth-order valence-corrected chi connectivity index (χ4v) is 2.88. The number of aromatic nitrogens is 2. The van der Waals surface area contributed by atoms with E-state index < -0.39 is 5.54 Å². The molecule has 1 amide bonds. The molecule has 2 aromatic rings. The van der Waals surface area contributed by atoms with Gasteiger partial charge in [0.05, 0.1) is 10.4 Å². The summed E-state index contributed by atoms with van der Waals surface area (Å²) in [4.78, 5) is 18.7. The Balaban J connectivity index is 0.00000161. The summed E-state index contributed by atoms with van der Waals surface area (Å²) >= 11 is 1.41. The van der Waals surface area contributed by atoms with Gasteiger partial charge in [0.2, 0.25) is 5.89 Å². The van der Waals surface area contributed by atoms with Crippen molar-refractivity contribution in [1.29, 1.82) is 0 Å². The minimum Gasteiger partial charge on any atom is -0.337 e. The molecule has 0 spiro atoms. The third kappa shape index (κ3) is 3.09. The van der Waals surface area contributed by atoms with Gasteiger partial charge in [-0.25, -0.2) is 0 Å². The summed E-state index contributed by atoms with van der Waals surface area (Å²) in [6.07, 6.45) is 2.86. The Morgan fingerprint density at radius 2 is 2.33 bits per heavy atom. The van der Waals surface area contributed by atoms with E-state index in [2.05, 4.69) is 10.1 Å². The van der Waals surface area contributed by atoms with E-state index in [0.717, 1.165) is 19.3 Å². The number of nitrogens with two attached hydrogens (primary N) is 1. The van der Waals surface area contributed by atoms with Gasteiger partial charge < -0.3 is 15.2 Å². The lowest BCUT2D eigenvalue weighted by Gasteiger charge is -2.34. The van der Waals surface area contributed by atoms with Crippen LogP contribution in [-0.4, -0.2) is 28.0 Å². The Morgan fingerprint density at radius 1 is 1.57 bits per heavy atom. The Hall–Kier alpha value is -1.44. The van der Waals surface area contributed by atoms with E-state index in [1.807, 2.05) is 11.4 Å². The van der Waals surface area contributed by atoms with Gasteiger partial charge in [0.15, 0.2) is 5.82 Å². The molecule has 0 bridgehead atoms. The predicted octanol–water partition coefficient (Wildman–Crippen LogP) is 2.16. The minimum absolute atomic E-state index is 0. The number of nitrogens with zero attached hydrogens (tertiary/aromatic N) is 3. The van der Waals surface area contributed by atoms with Crippen molar-refractivity contribution in [1.82, 2.24) is 15.0 Å². The zero-order valence-corrected chi connectivity index (χ0v) is 13.2. The molecule has 1 aliphatic carbocycles. The second-order valence-electron chi connectivity index (χ2n) is 5.16. The maximum atomic E-state index is 12.1. The molecule has 0 saturated heterocycles. The van der Waals surface area contributed by atoms with Crippen molar-refractivity contribution in [2.45, 2.75) is 31.3 Å². The minimum atomic E-state index is -0.432. The lowest BCUT2D eigenvalue weighted by Crippen LogP contribution is -2.44. The molecule has 1 aliphatic rings. The number of carbonyl (C=O) groups excluding carboxylic acids is 1. The lowest BCUT2D eigenvalue weighted by atomic mass is 9.77. The zero-order chi connectivity index (χ0) is 14.2. The SMILES string of the molecule is CN(Cc1nc(C2(N)CCC2)no1)C(=O)c1cccs1.Cl. The summed E-state index contributed by atoms with van der Waals surface area (Å²) in [6.45, 7) is 0.291. The molecule has 6 nitrogen and oxygen atoms in total. The van der Waals surface area contributed by atoms with Crippen LogP contribution in [0.1, 0.15) is 40.6 Å². The van der Waals surface area contributed by atoms with Gasteiger partial charge in [-0.3, -0.25) is 4.79 Å². The van der Waals surface area contributed by atoms with Gasteiger partial charge in [-0.1, -0.05) is 11.2 Å². The van der Waals surface area contributed by atoms with E-state index >= 15 is 0 Å². The molecule has 0 aliphatic heterocycles. The summed E-state index contributed by atoms with van der Waals surface area (Å²) in [7, 11) is 1.72. The Labute approximate surface area is 132 Å². The number of thiophene rings is 1. The zero-order valence-electron chi connectivity index (χ0n) is 11.6. The van der Waals surface area contributed by atoms with Gasteiger partial charge in [0.25, 0.3) is 5.91 Å². The number of hydrogen-bond acceptors (Lipinski definition) is 6. The fourth-order valence-electron chi connectivity index (χ4n) is 2.17. The molecule has 3 rings (SSSR count). The first-order valence-electron chi connectivity index (χ1n) is 6.49. The molecule has 1 saturated carbocycles. The Kier molecular flexibility index (Phi) is 4.65. The maximum absolute atomic E-state index is 12.1. The van der Waals surface area contributed by atoms with Gasteiger partial charge in [-0.05, 0) is 30.7 Å². The maximum Gasteiger partial charge on any atom is 0.264 e. The number of amides is 1. The predicted molar refractivity (Wildman–Crippen MR) is 81.4 cm³/mol. The summed E-state index contributed by atoms with van der Waals surface area (Å²) < 4.78 is 5.19. The van der Waals surface area contributed by atoms with Crippen LogP contribution in [-0.2, 0) is 12.1 Å². The molecule has 21 heavy (non-hydrogen) atoms. The van der Waals surface area contributed by atoms with Crippen molar-refractivity contribution in [3.63, 3.8) is 0 Å². The molecule has 0 radical (unpaired) electrons. The van der Waals surface area contributed by atoms with Crippen LogP contribution in [0.2, 0.25) is 0 Å². The largest absolute Gasteiger partial charge is 0.337 e. The van der Waals surface area contributed by atoms with E-state index in [1.54, 1.807) is 18.0 Å². The second-order valence-corrected chi connectivity index (χ2v) is 6.11. The smallest absolute Gasteiger partial charge is 0.264 e. The molecule has 2 aromatic heterocycles. The highest BCUT2D eigenvalue weighted by molar-refractivity contribution is 7.12. The van der Waals surface area contributed by atoms with Crippen molar-refractivity contribution >= 4 is 29.7 Å². The highest BCUT2D eigenvalue weighted by Crippen LogP contribution is 2.36. The lowest BCUT2D eigenvalue weighted by molar-refractivity contribution is 0.0774. The van der Waals surface area contributed by atoms with Crippen molar-refractivity contribution in [3.05, 3.63) is 34.1 Å². The highest BCUT2D eigenvalue weighted by Gasteiger charge is 2.39. The molecule has 0 aromatic carbocycles. The first-order valence-corrected chi connectivity index (χ1v) is 7.37. The number of carbonyl (C=O) groups is 1. The van der Waals surface area contributed by atoms with E-state index in [4.69, 9.17) is 10.3 Å². The van der Waals surface area contributed by atoms with Gasteiger partial charge in [-0.15, -0.1) is 23.7 Å². The normalized spacial score (nSPS) is 15.9. The summed E-state index contributed by atoms with van der Waals surface area (Å²) in [5.74, 6) is 0.922. The van der Waals surface area contributed by atoms with Crippen molar-refractivity contribution in [2.24, 2.45) is 5.73 Å². The monoisotopic (exact) mass is 328 g/mol. The van der Waals surface area contributed by atoms with Crippen LogP contribution in [0.25, 0.3) is 0 Å². The van der Waals surface area contributed by atoms with E-state index in [1.165, 1.54) is 11.3 Å². The van der Waals surface area contributed by atoms with Crippen LogP contribution >= 0.6 is 23.7 Å². The number of halogens is 1. The average Bonchev–Trinajstić information content (AvgIpc) is 3.06. The fraction of sp³-hybridized carbons (Fsp3) is 0.462. The number of hydrogen-bond donors (Lipinski definition) is 1. The topological polar surface area (TPSA) is 85.2 Å². The van der Waals surface area contributed by atoms with Gasteiger partial charge in [0, 0.05) is 7.05 Å². The third-order valence-corrected chi connectivity index (χ3v) is 4.47. The molecular weight excluding hydrogens is 312 g/mol.